The number of aliphatic hydroxyl groups is 1. The molecule has 68 valence electrons. The van der Waals surface area contributed by atoms with Gasteiger partial charge < -0.3 is 14.6 Å². The van der Waals surface area contributed by atoms with Gasteiger partial charge in [-0.2, -0.15) is 0 Å². The van der Waals surface area contributed by atoms with Gasteiger partial charge in [0.25, 0.3) is 0 Å². The van der Waals surface area contributed by atoms with Crippen molar-refractivity contribution in [3.63, 3.8) is 0 Å². The second-order valence-corrected chi connectivity index (χ2v) is 2.58. The number of hydrogen-bond acceptors (Lipinski definition) is 3. The van der Waals surface area contributed by atoms with Crippen LogP contribution in [0.25, 0.3) is 0 Å². The lowest BCUT2D eigenvalue weighted by molar-refractivity contribution is -0.146. The van der Waals surface area contributed by atoms with E-state index < -0.39 is 0 Å². The fourth-order valence-corrected chi connectivity index (χ4v) is 1.16. The maximum absolute atomic E-state index is 7.00. The van der Waals surface area contributed by atoms with Crippen molar-refractivity contribution >= 4 is 0 Å². The second kappa shape index (κ2) is 5.52. The number of ether oxygens (including phenoxy) is 2. The van der Waals surface area contributed by atoms with Crippen molar-refractivity contribution < 1.29 is 14.6 Å². The molecule has 0 atom stereocenters. The first kappa shape index (κ1) is 10.9. The molecule has 1 aliphatic heterocycles. The third-order valence-corrected chi connectivity index (χ3v) is 1.60. The Balaban J connectivity index is 0.000000461. The summed E-state index contributed by atoms with van der Waals surface area (Å²) in [6, 6.07) is 0. The van der Waals surface area contributed by atoms with Gasteiger partial charge in [0.1, 0.15) is 0 Å². The van der Waals surface area contributed by atoms with Crippen LogP contribution in [0.4, 0.5) is 0 Å². The first-order valence-corrected chi connectivity index (χ1v) is 3.99. The van der Waals surface area contributed by atoms with Crippen molar-refractivity contribution in [1.82, 2.24) is 0 Å². The lowest BCUT2D eigenvalue weighted by atomic mass is 10.2. The van der Waals surface area contributed by atoms with E-state index in [4.69, 9.17) is 14.6 Å². The van der Waals surface area contributed by atoms with E-state index in [-0.39, 0.29) is 5.79 Å². The summed E-state index contributed by atoms with van der Waals surface area (Å²) in [5, 5.41) is 7.00. The Morgan fingerprint density at radius 2 is 1.73 bits per heavy atom. The molecular formula is C8H18O3. The SMILES string of the molecule is CCCC1(C)OCCO1.CO. The predicted molar refractivity (Wildman–Crippen MR) is 43.4 cm³/mol. The van der Waals surface area contributed by atoms with Gasteiger partial charge in [0.2, 0.25) is 0 Å². The van der Waals surface area contributed by atoms with Crippen molar-refractivity contribution in [3.8, 4) is 0 Å². The minimum atomic E-state index is -0.255. The summed E-state index contributed by atoms with van der Waals surface area (Å²) >= 11 is 0. The number of hydrogen-bond donors (Lipinski definition) is 1. The molecule has 0 amide bonds. The molecule has 3 heteroatoms. The highest BCUT2D eigenvalue weighted by molar-refractivity contribution is 4.66. The predicted octanol–water partition coefficient (Wildman–Crippen LogP) is 1.16. The Morgan fingerprint density at radius 3 is 2.09 bits per heavy atom. The molecule has 0 aliphatic carbocycles. The van der Waals surface area contributed by atoms with Crippen LogP contribution >= 0.6 is 0 Å². The molecule has 0 aromatic carbocycles. The molecule has 1 saturated heterocycles. The largest absolute Gasteiger partial charge is 0.400 e. The van der Waals surface area contributed by atoms with Crippen molar-refractivity contribution in [2.45, 2.75) is 32.5 Å². The number of aliphatic hydroxyl groups excluding tert-OH is 1. The molecule has 0 spiro atoms. The molecule has 3 nitrogen and oxygen atoms in total. The van der Waals surface area contributed by atoms with Crippen LogP contribution in [0.1, 0.15) is 26.7 Å². The maximum Gasteiger partial charge on any atom is 0.165 e. The summed E-state index contributed by atoms with van der Waals surface area (Å²) in [5.41, 5.74) is 0. The van der Waals surface area contributed by atoms with E-state index in [2.05, 4.69) is 6.92 Å². The van der Waals surface area contributed by atoms with Gasteiger partial charge in [-0.1, -0.05) is 13.3 Å². The molecule has 1 heterocycles. The van der Waals surface area contributed by atoms with Crippen LogP contribution in [-0.4, -0.2) is 31.2 Å². The van der Waals surface area contributed by atoms with Gasteiger partial charge in [-0.3, -0.25) is 0 Å². The molecule has 0 bridgehead atoms. The minimum absolute atomic E-state index is 0.255. The van der Waals surface area contributed by atoms with E-state index in [9.17, 15) is 0 Å². The number of rotatable bonds is 2. The van der Waals surface area contributed by atoms with E-state index >= 15 is 0 Å². The third-order valence-electron chi connectivity index (χ3n) is 1.60. The van der Waals surface area contributed by atoms with Crippen molar-refractivity contribution in [2.75, 3.05) is 20.3 Å². The van der Waals surface area contributed by atoms with Crippen molar-refractivity contribution in [2.24, 2.45) is 0 Å². The molecule has 0 saturated carbocycles. The van der Waals surface area contributed by atoms with Gasteiger partial charge in [0.05, 0.1) is 13.2 Å². The van der Waals surface area contributed by atoms with Gasteiger partial charge in [-0.25, -0.2) is 0 Å². The maximum atomic E-state index is 7.00. The van der Waals surface area contributed by atoms with Crippen LogP contribution in [-0.2, 0) is 9.47 Å². The van der Waals surface area contributed by atoms with E-state index in [0.29, 0.717) is 0 Å². The molecule has 1 rings (SSSR count). The van der Waals surface area contributed by atoms with Gasteiger partial charge in [0.15, 0.2) is 5.79 Å². The molecule has 0 aromatic rings. The smallest absolute Gasteiger partial charge is 0.165 e. The van der Waals surface area contributed by atoms with Gasteiger partial charge in [-0.05, 0) is 6.92 Å². The summed E-state index contributed by atoms with van der Waals surface area (Å²) in [7, 11) is 1.00. The Labute approximate surface area is 68.3 Å². The van der Waals surface area contributed by atoms with Crippen LogP contribution in [0.2, 0.25) is 0 Å². The molecule has 11 heavy (non-hydrogen) atoms. The first-order chi connectivity index (χ1) is 5.27. The fraction of sp³-hybridized carbons (Fsp3) is 1.00. The summed E-state index contributed by atoms with van der Waals surface area (Å²) < 4.78 is 10.7. The van der Waals surface area contributed by atoms with Crippen molar-refractivity contribution in [1.29, 1.82) is 0 Å². The summed E-state index contributed by atoms with van der Waals surface area (Å²) in [6.45, 7) is 5.66. The monoisotopic (exact) mass is 162 g/mol. The van der Waals surface area contributed by atoms with Gasteiger partial charge >= 0.3 is 0 Å². The lowest BCUT2D eigenvalue weighted by Crippen LogP contribution is -2.24. The van der Waals surface area contributed by atoms with E-state index in [0.717, 1.165) is 33.2 Å². The molecule has 0 radical (unpaired) electrons. The van der Waals surface area contributed by atoms with Gasteiger partial charge in [0, 0.05) is 13.5 Å². The van der Waals surface area contributed by atoms with Crippen LogP contribution in [0.3, 0.4) is 0 Å². The second-order valence-electron chi connectivity index (χ2n) is 2.58. The highest BCUT2D eigenvalue weighted by Crippen LogP contribution is 2.23. The standard InChI is InChI=1S/C7H14O2.CH4O/c1-3-4-7(2)8-5-6-9-7;1-2/h3-6H2,1-2H3;2H,1H3. The lowest BCUT2D eigenvalue weighted by Gasteiger charge is -2.20. The average Bonchev–Trinajstić information content (AvgIpc) is 2.41. The average molecular weight is 162 g/mol. The zero-order valence-electron chi connectivity index (χ0n) is 7.59. The van der Waals surface area contributed by atoms with Crippen LogP contribution in [0, 0.1) is 0 Å². The fourth-order valence-electron chi connectivity index (χ4n) is 1.16. The Morgan fingerprint density at radius 1 is 1.27 bits per heavy atom. The van der Waals surface area contributed by atoms with E-state index in [1.165, 1.54) is 0 Å². The quantitative estimate of drug-likeness (QED) is 0.662. The van der Waals surface area contributed by atoms with Crippen LogP contribution in [0.5, 0.6) is 0 Å². The van der Waals surface area contributed by atoms with Gasteiger partial charge in [-0.15, -0.1) is 0 Å². The third kappa shape index (κ3) is 3.70. The molecule has 1 fully saturated rings. The Bertz CT molecular complexity index is 87.3. The summed E-state index contributed by atoms with van der Waals surface area (Å²) in [4.78, 5) is 0. The molecule has 0 unspecified atom stereocenters. The summed E-state index contributed by atoms with van der Waals surface area (Å²) in [5.74, 6) is -0.255. The van der Waals surface area contributed by atoms with Crippen molar-refractivity contribution in [3.05, 3.63) is 0 Å². The van der Waals surface area contributed by atoms with Crippen LogP contribution < -0.4 is 0 Å². The highest BCUT2D eigenvalue weighted by atomic mass is 16.7. The first-order valence-electron chi connectivity index (χ1n) is 3.99. The minimum Gasteiger partial charge on any atom is -0.400 e. The highest BCUT2D eigenvalue weighted by Gasteiger charge is 2.29. The normalized spacial score (nSPS) is 20.7. The molecule has 0 aromatic heterocycles. The molecule has 1 aliphatic rings. The Hall–Kier alpha value is -0.120. The van der Waals surface area contributed by atoms with E-state index in [1.807, 2.05) is 6.92 Å². The van der Waals surface area contributed by atoms with E-state index in [1.54, 1.807) is 0 Å². The molecular weight excluding hydrogens is 144 g/mol. The zero-order chi connectivity index (χ0) is 8.74. The molecule has 1 N–H and O–H groups in total. The summed E-state index contributed by atoms with van der Waals surface area (Å²) in [6.07, 6.45) is 2.13. The zero-order valence-corrected chi connectivity index (χ0v) is 7.59. The Kier molecular flexibility index (Phi) is 5.46. The van der Waals surface area contributed by atoms with Crippen LogP contribution in [0.15, 0.2) is 0 Å². The topological polar surface area (TPSA) is 38.7 Å².